The van der Waals surface area contributed by atoms with E-state index < -0.39 is 0 Å². The van der Waals surface area contributed by atoms with Crippen LogP contribution in [0.5, 0.6) is 0 Å². The standard InChI is InChI=1S/C12H9BrN2O2/c13-6-1-2-7-9(5-14-10(7)3-6)8-4-11(16)15-12(8)17/h1-3,5,8,14H,4H2,(H,15,16,17)/t8-/m1/s1. The van der Waals surface area contributed by atoms with Crippen molar-refractivity contribution in [3.63, 3.8) is 0 Å². The summed E-state index contributed by atoms with van der Waals surface area (Å²) in [5.41, 5.74) is 1.84. The Labute approximate surface area is 106 Å². The maximum Gasteiger partial charge on any atom is 0.234 e. The largest absolute Gasteiger partial charge is 0.361 e. The molecule has 1 aliphatic heterocycles. The first-order valence-corrected chi connectivity index (χ1v) is 6.04. The molecule has 2 N–H and O–H groups in total. The molecule has 1 aromatic carbocycles. The summed E-state index contributed by atoms with van der Waals surface area (Å²) in [4.78, 5) is 26.0. The van der Waals surface area contributed by atoms with E-state index in [0.29, 0.717) is 0 Å². The van der Waals surface area contributed by atoms with Crippen molar-refractivity contribution >= 4 is 38.6 Å². The van der Waals surface area contributed by atoms with Crippen LogP contribution in [0.25, 0.3) is 10.9 Å². The van der Waals surface area contributed by atoms with Gasteiger partial charge in [0.2, 0.25) is 11.8 Å². The van der Waals surface area contributed by atoms with Gasteiger partial charge in [-0.3, -0.25) is 14.9 Å². The first-order valence-electron chi connectivity index (χ1n) is 5.25. The Bertz CT molecular complexity index is 632. The van der Waals surface area contributed by atoms with Gasteiger partial charge in [-0.1, -0.05) is 22.0 Å². The van der Waals surface area contributed by atoms with Crippen LogP contribution in [0.3, 0.4) is 0 Å². The topological polar surface area (TPSA) is 62.0 Å². The number of carbonyl (C=O) groups excluding carboxylic acids is 2. The number of amides is 2. The van der Waals surface area contributed by atoms with E-state index in [1.54, 1.807) is 6.20 Å². The minimum Gasteiger partial charge on any atom is -0.361 e. The maximum atomic E-state index is 11.6. The van der Waals surface area contributed by atoms with Gasteiger partial charge in [-0.25, -0.2) is 0 Å². The SMILES string of the molecule is O=C1C[C@H](c2c[nH]c3cc(Br)ccc23)C(=O)N1. The molecule has 0 bridgehead atoms. The highest BCUT2D eigenvalue weighted by Gasteiger charge is 2.33. The van der Waals surface area contributed by atoms with Crippen LogP contribution in [0, 0.1) is 0 Å². The van der Waals surface area contributed by atoms with E-state index >= 15 is 0 Å². The van der Waals surface area contributed by atoms with E-state index in [4.69, 9.17) is 0 Å². The Morgan fingerprint density at radius 3 is 2.82 bits per heavy atom. The Kier molecular flexibility index (Phi) is 2.29. The maximum absolute atomic E-state index is 11.6. The summed E-state index contributed by atoms with van der Waals surface area (Å²) in [5.74, 6) is -0.775. The molecule has 1 aromatic heterocycles. The third-order valence-electron chi connectivity index (χ3n) is 3.02. The van der Waals surface area contributed by atoms with E-state index in [2.05, 4.69) is 26.2 Å². The molecule has 4 nitrogen and oxygen atoms in total. The predicted molar refractivity (Wildman–Crippen MR) is 66.5 cm³/mol. The summed E-state index contributed by atoms with van der Waals surface area (Å²) in [7, 11) is 0. The zero-order chi connectivity index (χ0) is 12.0. The third kappa shape index (κ3) is 1.67. The molecule has 1 fully saturated rings. The molecular formula is C12H9BrN2O2. The van der Waals surface area contributed by atoms with Gasteiger partial charge < -0.3 is 4.98 Å². The van der Waals surface area contributed by atoms with E-state index in [9.17, 15) is 9.59 Å². The first kappa shape index (κ1) is 10.5. The van der Waals surface area contributed by atoms with Gasteiger partial charge in [0, 0.05) is 28.0 Å². The lowest BCUT2D eigenvalue weighted by Crippen LogP contribution is -2.21. The van der Waals surface area contributed by atoms with Crippen LogP contribution in [0.1, 0.15) is 17.9 Å². The smallest absolute Gasteiger partial charge is 0.234 e. The normalized spacial score (nSPS) is 19.9. The number of halogens is 1. The minimum atomic E-state index is -0.363. The van der Waals surface area contributed by atoms with Crippen LogP contribution in [0.15, 0.2) is 28.9 Å². The number of H-pyrrole nitrogens is 1. The molecule has 2 amide bonds. The molecule has 0 radical (unpaired) electrons. The first-order chi connectivity index (χ1) is 8.15. The van der Waals surface area contributed by atoms with Crippen molar-refractivity contribution in [2.24, 2.45) is 0 Å². The van der Waals surface area contributed by atoms with E-state index in [0.717, 1.165) is 20.9 Å². The molecule has 0 saturated carbocycles. The van der Waals surface area contributed by atoms with Crippen molar-refractivity contribution in [3.8, 4) is 0 Å². The summed E-state index contributed by atoms with van der Waals surface area (Å²) in [5, 5.41) is 3.32. The fraction of sp³-hybridized carbons (Fsp3) is 0.167. The molecule has 2 aromatic rings. The lowest BCUT2D eigenvalue weighted by molar-refractivity contribution is -0.125. The van der Waals surface area contributed by atoms with Crippen molar-refractivity contribution in [3.05, 3.63) is 34.4 Å². The number of hydrogen-bond acceptors (Lipinski definition) is 2. The van der Waals surface area contributed by atoms with Crippen molar-refractivity contribution < 1.29 is 9.59 Å². The molecule has 1 aliphatic rings. The molecule has 0 spiro atoms. The van der Waals surface area contributed by atoms with Crippen LogP contribution in [0.4, 0.5) is 0 Å². The molecular weight excluding hydrogens is 284 g/mol. The Morgan fingerprint density at radius 1 is 1.29 bits per heavy atom. The van der Waals surface area contributed by atoms with Crippen LogP contribution in [-0.2, 0) is 9.59 Å². The second-order valence-corrected chi connectivity index (χ2v) is 5.02. The number of nitrogens with one attached hydrogen (secondary N) is 2. The highest BCUT2D eigenvalue weighted by atomic mass is 79.9. The quantitative estimate of drug-likeness (QED) is 0.791. The van der Waals surface area contributed by atoms with E-state index in [1.807, 2.05) is 18.2 Å². The van der Waals surface area contributed by atoms with E-state index in [1.165, 1.54) is 0 Å². The van der Waals surface area contributed by atoms with Crippen LogP contribution >= 0.6 is 15.9 Å². The number of rotatable bonds is 1. The number of aromatic nitrogens is 1. The zero-order valence-corrected chi connectivity index (χ0v) is 10.4. The second-order valence-electron chi connectivity index (χ2n) is 4.10. The summed E-state index contributed by atoms with van der Waals surface area (Å²) in [6, 6.07) is 5.82. The molecule has 1 atom stereocenters. The Hall–Kier alpha value is -1.62. The minimum absolute atomic E-state index is 0.202. The van der Waals surface area contributed by atoms with Gasteiger partial charge in [-0.2, -0.15) is 0 Å². The van der Waals surface area contributed by atoms with Gasteiger partial charge in [-0.05, 0) is 17.7 Å². The number of aromatic amines is 1. The molecule has 3 rings (SSSR count). The number of imide groups is 1. The van der Waals surface area contributed by atoms with Crippen molar-refractivity contribution in [1.29, 1.82) is 0 Å². The highest BCUT2D eigenvalue weighted by molar-refractivity contribution is 9.10. The highest BCUT2D eigenvalue weighted by Crippen LogP contribution is 2.31. The second kappa shape index (κ2) is 3.70. The molecule has 86 valence electrons. The summed E-state index contributed by atoms with van der Waals surface area (Å²) >= 11 is 3.39. The number of carbonyl (C=O) groups is 2. The van der Waals surface area contributed by atoms with Crippen LogP contribution in [-0.4, -0.2) is 16.8 Å². The van der Waals surface area contributed by atoms with Gasteiger partial charge >= 0.3 is 0 Å². The average Bonchev–Trinajstić information content (AvgIpc) is 2.81. The van der Waals surface area contributed by atoms with Gasteiger partial charge in [0.05, 0.1) is 5.92 Å². The Morgan fingerprint density at radius 2 is 2.12 bits per heavy atom. The van der Waals surface area contributed by atoms with Crippen molar-refractivity contribution in [2.45, 2.75) is 12.3 Å². The van der Waals surface area contributed by atoms with Crippen LogP contribution in [0.2, 0.25) is 0 Å². The average molecular weight is 293 g/mol. The third-order valence-corrected chi connectivity index (χ3v) is 3.51. The fourth-order valence-corrected chi connectivity index (χ4v) is 2.58. The molecule has 2 heterocycles. The molecule has 5 heteroatoms. The number of hydrogen-bond donors (Lipinski definition) is 2. The number of fused-ring (bicyclic) bond motifs is 1. The zero-order valence-electron chi connectivity index (χ0n) is 8.79. The Balaban J connectivity index is 2.12. The summed E-state index contributed by atoms with van der Waals surface area (Å²) < 4.78 is 0.977. The van der Waals surface area contributed by atoms with Gasteiger partial charge in [0.25, 0.3) is 0 Å². The van der Waals surface area contributed by atoms with Crippen molar-refractivity contribution in [2.75, 3.05) is 0 Å². The molecule has 0 unspecified atom stereocenters. The molecule has 0 aliphatic carbocycles. The van der Waals surface area contributed by atoms with Crippen molar-refractivity contribution in [1.82, 2.24) is 10.3 Å². The predicted octanol–water partition coefficient (Wildman–Crippen LogP) is 2.06. The number of benzene rings is 1. The van der Waals surface area contributed by atoms with Gasteiger partial charge in [-0.15, -0.1) is 0 Å². The van der Waals surface area contributed by atoms with Crippen LogP contribution < -0.4 is 5.32 Å². The molecule has 1 saturated heterocycles. The van der Waals surface area contributed by atoms with E-state index in [-0.39, 0.29) is 24.2 Å². The summed E-state index contributed by atoms with van der Waals surface area (Å²) in [6.07, 6.45) is 2.04. The lowest BCUT2D eigenvalue weighted by Gasteiger charge is -2.03. The van der Waals surface area contributed by atoms with Gasteiger partial charge in [0.15, 0.2) is 0 Å². The lowest BCUT2D eigenvalue weighted by atomic mass is 9.97. The molecule has 17 heavy (non-hydrogen) atoms. The monoisotopic (exact) mass is 292 g/mol. The fourth-order valence-electron chi connectivity index (χ4n) is 2.21. The summed E-state index contributed by atoms with van der Waals surface area (Å²) in [6.45, 7) is 0. The van der Waals surface area contributed by atoms with Gasteiger partial charge in [0.1, 0.15) is 0 Å².